The summed E-state index contributed by atoms with van der Waals surface area (Å²) in [4.78, 5) is 5.04. The first-order valence-electron chi connectivity index (χ1n) is 22.6. The van der Waals surface area contributed by atoms with Gasteiger partial charge >= 0.3 is 0 Å². The lowest BCUT2D eigenvalue weighted by Gasteiger charge is -2.47. The molecule has 0 amide bonds. The van der Waals surface area contributed by atoms with Gasteiger partial charge in [-0.1, -0.05) is 172 Å². The third-order valence-electron chi connectivity index (χ3n) is 15.1. The third-order valence-corrected chi connectivity index (χ3v) is 15.1. The summed E-state index contributed by atoms with van der Waals surface area (Å²) in [5.41, 5.74) is 16.0. The van der Waals surface area contributed by atoms with E-state index in [0.29, 0.717) is 0 Å². The normalized spacial score (nSPS) is 17.8. The minimum Gasteiger partial charge on any atom is -0.310 e. The van der Waals surface area contributed by atoms with E-state index >= 15 is 0 Å². The number of nitrogens with zero attached hydrogens (tertiary/aromatic N) is 2. The lowest BCUT2D eigenvalue weighted by atomic mass is 9.56. The van der Waals surface area contributed by atoms with Crippen molar-refractivity contribution in [3.63, 3.8) is 0 Å². The Morgan fingerprint density at radius 2 is 0.891 bits per heavy atom. The summed E-state index contributed by atoms with van der Waals surface area (Å²) in [6.45, 7) is 7.47. The summed E-state index contributed by atoms with van der Waals surface area (Å²) >= 11 is 0. The van der Waals surface area contributed by atoms with Crippen molar-refractivity contribution in [2.45, 2.75) is 38.0 Å². The molecule has 10 aromatic rings. The minimum atomic E-state index is -0.304. The molecule has 0 saturated heterocycles. The Kier molecular flexibility index (Phi) is 7.88. The molecule has 0 aromatic heterocycles. The quantitative estimate of drug-likeness (QED) is 0.154. The molecule has 1 atom stereocenters. The molecule has 0 aliphatic heterocycles. The number of rotatable bonds is 6. The first kappa shape index (κ1) is 36.9. The molecule has 0 N–H and O–H groups in total. The van der Waals surface area contributed by atoms with Crippen LogP contribution in [0.15, 0.2) is 212 Å². The van der Waals surface area contributed by atoms with Gasteiger partial charge in [0, 0.05) is 44.4 Å². The largest absolute Gasteiger partial charge is 0.310 e. The van der Waals surface area contributed by atoms with Crippen LogP contribution in [0.1, 0.15) is 43.0 Å². The Morgan fingerprint density at radius 1 is 0.422 bits per heavy atom. The van der Waals surface area contributed by atoms with Gasteiger partial charge in [-0.3, -0.25) is 0 Å². The summed E-state index contributed by atoms with van der Waals surface area (Å²) in [6.07, 6.45) is 8.12. The van der Waals surface area contributed by atoms with E-state index < -0.39 is 0 Å². The Bertz CT molecular complexity index is 3630. The van der Waals surface area contributed by atoms with Gasteiger partial charge in [0.05, 0.1) is 11.4 Å². The first-order chi connectivity index (χ1) is 31.4. The highest BCUT2D eigenvalue weighted by Gasteiger charge is 2.50. The van der Waals surface area contributed by atoms with Gasteiger partial charge < -0.3 is 9.80 Å². The average molecular weight is 819 g/mol. The fraction of sp³-hybridized carbons (Fsp3) is 0.0968. The molecule has 10 aromatic carbocycles. The maximum absolute atomic E-state index is 2.54. The van der Waals surface area contributed by atoms with E-state index in [4.69, 9.17) is 0 Å². The molecular formula is C62H46N2. The highest BCUT2D eigenvalue weighted by atomic mass is 15.2. The Labute approximate surface area is 374 Å². The van der Waals surface area contributed by atoms with Gasteiger partial charge in [0.15, 0.2) is 0 Å². The summed E-state index contributed by atoms with van der Waals surface area (Å²) in [5.74, 6) is 0. The molecule has 0 spiro atoms. The second-order valence-electron chi connectivity index (χ2n) is 18.7. The van der Waals surface area contributed by atoms with Crippen molar-refractivity contribution in [1.29, 1.82) is 0 Å². The lowest BCUT2D eigenvalue weighted by Crippen LogP contribution is -2.43. The van der Waals surface area contributed by atoms with Gasteiger partial charge in [-0.2, -0.15) is 0 Å². The van der Waals surface area contributed by atoms with Crippen molar-refractivity contribution < 1.29 is 0 Å². The highest BCUT2D eigenvalue weighted by molar-refractivity contribution is 6.16. The van der Waals surface area contributed by atoms with Crippen LogP contribution in [0.5, 0.6) is 0 Å². The Balaban J connectivity index is 1.13. The van der Waals surface area contributed by atoms with E-state index in [-0.39, 0.29) is 10.8 Å². The number of fused-ring (bicyclic) bond motifs is 7. The zero-order valence-corrected chi connectivity index (χ0v) is 36.3. The highest BCUT2D eigenvalue weighted by Crippen LogP contribution is 2.61. The van der Waals surface area contributed by atoms with Crippen LogP contribution < -0.4 is 9.80 Å². The number of allylic oxidation sites excluding steroid dienone is 4. The molecule has 4 aliphatic carbocycles. The van der Waals surface area contributed by atoms with Crippen LogP contribution in [0.25, 0.3) is 59.8 Å². The SMILES string of the molecule is CC1(C)c2cc(N(c3ccccc3)c3cc4ccccc4c4ccccc34)cc3c2/C2=C\C=C/C1(C)c1c(cc(N(c4ccccc4)c4cc5ccccc5c5ccccc45)cc1-3)C2. The fourth-order valence-corrected chi connectivity index (χ4v) is 11.7. The van der Waals surface area contributed by atoms with Crippen molar-refractivity contribution >= 4 is 82.8 Å². The molecule has 0 radical (unpaired) electrons. The van der Waals surface area contributed by atoms with Gasteiger partial charge in [0.1, 0.15) is 0 Å². The minimum absolute atomic E-state index is 0.257. The molecule has 0 saturated carbocycles. The van der Waals surface area contributed by atoms with Gasteiger partial charge in [0.25, 0.3) is 0 Å². The van der Waals surface area contributed by atoms with E-state index in [9.17, 15) is 0 Å². The Hall–Kier alpha value is -7.68. The molecule has 2 heteroatoms. The predicted molar refractivity (Wildman–Crippen MR) is 272 cm³/mol. The zero-order chi connectivity index (χ0) is 42.7. The number of hydrogen-bond acceptors (Lipinski definition) is 2. The third kappa shape index (κ3) is 5.20. The van der Waals surface area contributed by atoms with Crippen molar-refractivity contribution in [3.8, 4) is 11.1 Å². The van der Waals surface area contributed by atoms with E-state index in [0.717, 1.165) is 17.8 Å². The van der Waals surface area contributed by atoms with Gasteiger partial charge in [-0.05, 0) is 138 Å². The zero-order valence-electron chi connectivity index (χ0n) is 36.3. The number of anilines is 6. The molecule has 4 aliphatic rings. The molecule has 0 fully saturated rings. The number of para-hydroxylation sites is 2. The standard InChI is InChI=1S/C62H46N2/c1-61(2)56-39-47(64(45-24-8-5-9-25-45)58-36-41-20-11-13-27-49(41)51-29-15-17-31-53(51)58)37-54-55-38-46(34-43-33-42(59(54)56)21-18-32-62(61,3)60(43)55)63(44-22-6-4-7-23-44)57-35-40-19-10-12-26-48(40)50-28-14-16-30-52(50)57/h4-32,34-39H,33H2,1-3H3/b32-18-,42-21-. The number of hydrogen-bond donors (Lipinski definition) is 0. The van der Waals surface area contributed by atoms with Gasteiger partial charge in [-0.15, -0.1) is 0 Å². The van der Waals surface area contributed by atoms with E-state index in [1.807, 2.05) is 0 Å². The second kappa shape index (κ2) is 13.7. The van der Waals surface area contributed by atoms with Crippen molar-refractivity contribution in [3.05, 3.63) is 235 Å². The summed E-state index contributed by atoms with van der Waals surface area (Å²) < 4.78 is 0. The molecule has 304 valence electrons. The van der Waals surface area contributed by atoms with Crippen molar-refractivity contribution in [1.82, 2.24) is 0 Å². The van der Waals surface area contributed by atoms with E-state index in [1.165, 1.54) is 105 Å². The monoisotopic (exact) mass is 818 g/mol. The summed E-state index contributed by atoms with van der Waals surface area (Å²) in [5, 5.41) is 10.00. The average Bonchev–Trinajstić information content (AvgIpc) is 3.39. The van der Waals surface area contributed by atoms with Crippen LogP contribution in [-0.4, -0.2) is 0 Å². The Morgan fingerprint density at radius 3 is 1.45 bits per heavy atom. The molecule has 14 rings (SSSR count). The maximum Gasteiger partial charge on any atom is 0.0546 e. The first-order valence-corrected chi connectivity index (χ1v) is 22.6. The topological polar surface area (TPSA) is 6.48 Å². The molecule has 2 nitrogen and oxygen atoms in total. The molecule has 1 unspecified atom stereocenters. The van der Waals surface area contributed by atoms with Crippen LogP contribution in [-0.2, 0) is 17.3 Å². The summed E-state index contributed by atoms with van der Waals surface area (Å²) in [6, 6.07) is 72.4. The van der Waals surface area contributed by atoms with Crippen LogP contribution in [0.2, 0.25) is 0 Å². The second-order valence-corrected chi connectivity index (χ2v) is 18.7. The van der Waals surface area contributed by atoms with Gasteiger partial charge in [0.2, 0.25) is 0 Å². The van der Waals surface area contributed by atoms with Crippen LogP contribution in [0.3, 0.4) is 0 Å². The van der Waals surface area contributed by atoms with Crippen molar-refractivity contribution in [2.75, 3.05) is 9.80 Å². The smallest absolute Gasteiger partial charge is 0.0546 e. The predicted octanol–water partition coefficient (Wildman–Crippen LogP) is 17.0. The van der Waals surface area contributed by atoms with Crippen LogP contribution in [0.4, 0.5) is 34.1 Å². The van der Waals surface area contributed by atoms with Gasteiger partial charge in [-0.25, -0.2) is 0 Å². The lowest BCUT2D eigenvalue weighted by molar-refractivity contribution is 0.341. The van der Waals surface area contributed by atoms with Crippen LogP contribution in [0, 0.1) is 0 Å². The fourth-order valence-electron chi connectivity index (χ4n) is 11.7. The molecule has 64 heavy (non-hydrogen) atoms. The maximum atomic E-state index is 2.54. The van der Waals surface area contributed by atoms with Crippen LogP contribution >= 0.6 is 0 Å². The number of benzene rings is 10. The molecular weight excluding hydrogens is 773 g/mol. The van der Waals surface area contributed by atoms with E-state index in [2.05, 4.69) is 243 Å². The van der Waals surface area contributed by atoms with Crippen molar-refractivity contribution in [2.24, 2.45) is 0 Å². The molecule has 0 heterocycles. The summed E-state index contributed by atoms with van der Waals surface area (Å²) in [7, 11) is 0. The molecule has 8 bridgehead atoms. The van der Waals surface area contributed by atoms with E-state index in [1.54, 1.807) is 0 Å².